The van der Waals surface area contributed by atoms with Crippen molar-refractivity contribution in [1.82, 2.24) is 4.57 Å². The molecule has 0 bridgehead atoms. The van der Waals surface area contributed by atoms with Gasteiger partial charge in [0.1, 0.15) is 0 Å². The second-order valence-corrected chi connectivity index (χ2v) is 13.9. The Bertz CT molecular complexity index is 2330. The Morgan fingerprint density at radius 1 is 0.457 bits per heavy atom. The van der Waals surface area contributed by atoms with E-state index in [1.807, 2.05) is 0 Å². The molecule has 222 valence electrons. The third kappa shape index (κ3) is 3.70. The van der Waals surface area contributed by atoms with Crippen LogP contribution in [-0.2, 0) is 10.8 Å². The summed E-state index contributed by atoms with van der Waals surface area (Å²) < 4.78 is 2.33. The highest BCUT2D eigenvalue weighted by atomic mass is 15.2. The van der Waals surface area contributed by atoms with Crippen LogP contribution in [0.25, 0.3) is 38.8 Å². The highest BCUT2D eigenvalue weighted by Gasteiger charge is 2.37. The Morgan fingerprint density at radius 2 is 1.02 bits per heavy atom. The van der Waals surface area contributed by atoms with Crippen molar-refractivity contribution in [2.45, 2.75) is 38.5 Å². The molecule has 2 nitrogen and oxygen atoms in total. The van der Waals surface area contributed by atoms with Crippen molar-refractivity contribution in [1.29, 1.82) is 0 Å². The van der Waals surface area contributed by atoms with E-state index in [1.54, 1.807) is 0 Å². The van der Waals surface area contributed by atoms with Crippen LogP contribution in [0.2, 0.25) is 0 Å². The second kappa shape index (κ2) is 9.58. The number of fused-ring (bicyclic) bond motifs is 7. The van der Waals surface area contributed by atoms with Gasteiger partial charge in [-0.25, -0.2) is 0 Å². The topological polar surface area (TPSA) is 8.17 Å². The average Bonchev–Trinajstić information content (AvgIpc) is 3.69. The van der Waals surface area contributed by atoms with Crippen LogP contribution in [0.4, 0.5) is 17.1 Å². The van der Waals surface area contributed by atoms with Gasteiger partial charge in [-0.1, -0.05) is 119 Å². The number of anilines is 3. The molecular weight excluding hydrogens is 556 g/mol. The maximum atomic E-state index is 2.47. The van der Waals surface area contributed by atoms with Crippen molar-refractivity contribution in [3.05, 3.63) is 168 Å². The molecule has 1 heterocycles. The molecule has 0 N–H and O–H groups in total. The number of para-hydroxylation sites is 3. The van der Waals surface area contributed by atoms with Crippen molar-refractivity contribution in [3.8, 4) is 27.9 Å². The molecule has 6 aromatic carbocycles. The summed E-state index contributed by atoms with van der Waals surface area (Å²) >= 11 is 0. The van der Waals surface area contributed by atoms with Crippen molar-refractivity contribution in [3.63, 3.8) is 0 Å². The summed E-state index contributed by atoms with van der Waals surface area (Å²) in [6.07, 6.45) is 2.20. The van der Waals surface area contributed by atoms with Gasteiger partial charge in [0.25, 0.3) is 0 Å². The van der Waals surface area contributed by atoms with Gasteiger partial charge in [-0.15, -0.1) is 0 Å². The third-order valence-electron chi connectivity index (χ3n) is 10.6. The van der Waals surface area contributed by atoms with Gasteiger partial charge in [0, 0.05) is 28.4 Å². The molecular formula is C44H36N2. The van der Waals surface area contributed by atoms with Crippen molar-refractivity contribution in [2.24, 2.45) is 0 Å². The van der Waals surface area contributed by atoms with E-state index < -0.39 is 0 Å². The molecule has 9 rings (SSSR count). The molecule has 0 radical (unpaired) electrons. The SMILES string of the molecule is CC1(C)c2ccccc2-c2cc(N(c3ccc4c(c3)C(C)(C)c3ccccc3-4)c3ccccc3-n3ccc4ccccc43)ccc21. The summed E-state index contributed by atoms with van der Waals surface area (Å²) in [7, 11) is 0. The van der Waals surface area contributed by atoms with Crippen LogP contribution < -0.4 is 4.90 Å². The molecule has 0 aliphatic heterocycles. The Balaban J connectivity index is 1.30. The fraction of sp³-hybridized carbons (Fsp3) is 0.136. The normalized spacial score (nSPS) is 14.9. The molecule has 0 unspecified atom stereocenters. The van der Waals surface area contributed by atoms with E-state index in [4.69, 9.17) is 0 Å². The zero-order valence-electron chi connectivity index (χ0n) is 26.8. The minimum absolute atomic E-state index is 0.0411. The first-order valence-electron chi connectivity index (χ1n) is 16.3. The predicted molar refractivity (Wildman–Crippen MR) is 193 cm³/mol. The van der Waals surface area contributed by atoms with Crippen molar-refractivity contribution < 1.29 is 0 Å². The molecule has 2 aliphatic rings. The number of hydrogen-bond donors (Lipinski definition) is 0. The quantitative estimate of drug-likeness (QED) is 0.197. The average molecular weight is 593 g/mol. The van der Waals surface area contributed by atoms with Crippen LogP contribution in [0.5, 0.6) is 0 Å². The first kappa shape index (κ1) is 27.0. The summed E-state index contributed by atoms with van der Waals surface area (Å²) in [5.74, 6) is 0. The molecule has 0 atom stereocenters. The largest absolute Gasteiger partial charge is 0.315 e. The van der Waals surface area contributed by atoms with Crippen LogP contribution in [-0.4, -0.2) is 4.57 Å². The minimum Gasteiger partial charge on any atom is -0.315 e. The van der Waals surface area contributed by atoms with Gasteiger partial charge >= 0.3 is 0 Å². The monoisotopic (exact) mass is 592 g/mol. The highest BCUT2D eigenvalue weighted by molar-refractivity contribution is 5.91. The van der Waals surface area contributed by atoms with Gasteiger partial charge in [0.2, 0.25) is 0 Å². The first-order chi connectivity index (χ1) is 22.3. The number of aromatic nitrogens is 1. The van der Waals surface area contributed by atoms with Gasteiger partial charge in [-0.2, -0.15) is 0 Å². The van der Waals surface area contributed by atoms with E-state index in [9.17, 15) is 0 Å². The van der Waals surface area contributed by atoms with E-state index >= 15 is 0 Å². The molecule has 2 aliphatic carbocycles. The fourth-order valence-electron chi connectivity index (χ4n) is 8.26. The summed E-state index contributed by atoms with van der Waals surface area (Å²) in [6, 6.07) is 51.6. The van der Waals surface area contributed by atoms with E-state index in [1.165, 1.54) is 55.4 Å². The van der Waals surface area contributed by atoms with Gasteiger partial charge < -0.3 is 9.47 Å². The predicted octanol–water partition coefficient (Wildman–Crippen LogP) is 11.7. The Morgan fingerprint density at radius 3 is 1.83 bits per heavy atom. The molecule has 7 aromatic rings. The molecule has 0 fully saturated rings. The summed E-state index contributed by atoms with van der Waals surface area (Å²) in [5.41, 5.74) is 16.5. The number of benzene rings is 6. The lowest BCUT2D eigenvalue weighted by Crippen LogP contribution is -2.18. The number of hydrogen-bond acceptors (Lipinski definition) is 1. The number of nitrogens with zero attached hydrogens (tertiary/aromatic N) is 2. The third-order valence-corrected chi connectivity index (χ3v) is 10.6. The van der Waals surface area contributed by atoms with Crippen LogP contribution in [0.3, 0.4) is 0 Å². The first-order valence-corrected chi connectivity index (χ1v) is 16.3. The van der Waals surface area contributed by atoms with Gasteiger partial charge in [-0.05, 0) is 98.4 Å². The zero-order chi connectivity index (χ0) is 31.2. The van der Waals surface area contributed by atoms with Crippen LogP contribution >= 0.6 is 0 Å². The maximum Gasteiger partial charge on any atom is 0.0702 e. The maximum absolute atomic E-state index is 2.47. The molecule has 0 spiro atoms. The van der Waals surface area contributed by atoms with Gasteiger partial charge in [0.15, 0.2) is 0 Å². The molecule has 0 saturated carbocycles. The van der Waals surface area contributed by atoms with E-state index in [0.717, 1.165) is 22.7 Å². The lowest BCUT2D eigenvalue weighted by atomic mass is 9.82. The van der Waals surface area contributed by atoms with E-state index in [-0.39, 0.29) is 10.8 Å². The summed E-state index contributed by atoms with van der Waals surface area (Å²) in [6.45, 7) is 9.42. The van der Waals surface area contributed by atoms with Crippen LogP contribution in [0, 0.1) is 0 Å². The smallest absolute Gasteiger partial charge is 0.0702 e. The van der Waals surface area contributed by atoms with E-state index in [2.05, 4.69) is 183 Å². The lowest BCUT2D eigenvalue weighted by Gasteiger charge is -2.30. The standard InChI is InChI=1S/C44H36N2/c1-43(2)37-17-9-7-15-33(37)35-27-30(22-24-38(35)43)46(31-21-23-34-32-14-6-8-16-36(32)44(3,4)39(34)28-31)42-20-12-11-19-41(42)45-26-25-29-13-5-10-18-40(29)45/h5-28H,1-4H3. The van der Waals surface area contributed by atoms with Crippen molar-refractivity contribution in [2.75, 3.05) is 4.90 Å². The molecule has 46 heavy (non-hydrogen) atoms. The van der Waals surface area contributed by atoms with Crippen LogP contribution in [0.1, 0.15) is 49.9 Å². The molecule has 0 saturated heterocycles. The number of rotatable bonds is 4. The second-order valence-electron chi connectivity index (χ2n) is 13.9. The van der Waals surface area contributed by atoms with E-state index in [0.29, 0.717) is 0 Å². The van der Waals surface area contributed by atoms with Gasteiger partial charge in [0.05, 0.1) is 16.9 Å². The van der Waals surface area contributed by atoms with Crippen LogP contribution in [0.15, 0.2) is 146 Å². The molecule has 1 aromatic heterocycles. The Labute approximate surface area is 271 Å². The highest BCUT2D eigenvalue weighted by Crippen LogP contribution is 2.53. The summed E-state index contributed by atoms with van der Waals surface area (Å²) in [4.78, 5) is 2.47. The van der Waals surface area contributed by atoms with Crippen molar-refractivity contribution >= 4 is 28.0 Å². The molecule has 2 heteroatoms. The zero-order valence-corrected chi connectivity index (χ0v) is 26.8. The summed E-state index contributed by atoms with van der Waals surface area (Å²) in [5, 5.41) is 1.23. The molecule has 0 amide bonds. The lowest BCUT2D eigenvalue weighted by molar-refractivity contribution is 0.660. The fourth-order valence-corrected chi connectivity index (χ4v) is 8.26. The Hall–Kier alpha value is -5.34. The minimum atomic E-state index is -0.0926. The Kier molecular flexibility index (Phi) is 5.63. The van der Waals surface area contributed by atoms with Gasteiger partial charge in [-0.3, -0.25) is 0 Å².